The molecule has 2 atom stereocenters. The van der Waals surface area contributed by atoms with Crippen molar-refractivity contribution in [3.05, 3.63) is 22.4 Å². The molecule has 1 saturated heterocycles. The van der Waals surface area contributed by atoms with Crippen molar-refractivity contribution < 1.29 is 4.79 Å². The van der Waals surface area contributed by atoms with Gasteiger partial charge in [0.2, 0.25) is 5.91 Å². The zero-order valence-corrected chi connectivity index (χ0v) is 11.8. The van der Waals surface area contributed by atoms with Crippen molar-refractivity contribution in [3.63, 3.8) is 0 Å². The molecule has 2 heterocycles. The summed E-state index contributed by atoms with van der Waals surface area (Å²) in [5, 5.41) is 4.30. The second-order valence-corrected chi connectivity index (χ2v) is 6.03. The minimum atomic E-state index is 0.142. The van der Waals surface area contributed by atoms with Crippen LogP contribution in [0.4, 0.5) is 0 Å². The highest BCUT2D eigenvalue weighted by Crippen LogP contribution is 2.22. The van der Waals surface area contributed by atoms with E-state index in [0.717, 1.165) is 32.4 Å². The third kappa shape index (κ3) is 3.56. The Balaban J connectivity index is 1.93. The van der Waals surface area contributed by atoms with Crippen LogP contribution < -0.4 is 5.73 Å². The van der Waals surface area contributed by atoms with E-state index in [-0.39, 0.29) is 11.9 Å². The molecule has 0 spiro atoms. The molecule has 1 aliphatic rings. The zero-order valence-electron chi connectivity index (χ0n) is 11.0. The maximum Gasteiger partial charge on any atom is 0.222 e. The summed E-state index contributed by atoms with van der Waals surface area (Å²) in [7, 11) is 0. The summed E-state index contributed by atoms with van der Waals surface area (Å²) < 4.78 is 0. The molecule has 0 aliphatic carbocycles. The molecule has 1 aromatic rings. The van der Waals surface area contributed by atoms with Gasteiger partial charge < -0.3 is 10.6 Å². The van der Waals surface area contributed by atoms with E-state index in [2.05, 4.69) is 16.8 Å². The van der Waals surface area contributed by atoms with Crippen molar-refractivity contribution in [1.82, 2.24) is 4.90 Å². The van der Waals surface area contributed by atoms with Crippen LogP contribution in [0.3, 0.4) is 0 Å². The van der Waals surface area contributed by atoms with E-state index in [4.69, 9.17) is 5.73 Å². The first-order valence-corrected chi connectivity index (χ1v) is 7.67. The number of nitrogens with two attached hydrogens (primary N) is 1. The second kappa shape index (κ2) is 6.34. The number of hydrogen-bond donors (Lipinski definition) is 1. The van der Waals surface area contributed by atoms with Crippen LogP contribution in [-0.2, 0) is 11.2 Å². The number of rotatable bonds is 4. The molecule has 1 amide bonds. The topological polar surface area (TPSA) is 46.3 Å². The second-order valence-electron chi connectivity index (χ2n) is 5.25. The molecule has 1 aromatic heterocycles. The first-order chi connectivity index (χ1) is 8.69. The number of nitrogens with zero attached hydrogens (tertiary/aromatic N) is 1. The van der Waals surface area contributed by atoms with Crippen molar-refractivity contribution in [2.24, 2.45) is 11.7 Å². The lowest BCUT2D eigenvalue weighted by Gasteiger charge is -2.36. The van der Waals surface area contributed by atoms with Gasteiger partial charge in [-0.2, -0.15) is 11.3 Å². The number of carbonyl (C=O) groups is 1. The first-order valence-electron chi connectivity index (χ1n) is 6.73. The predicted molar refractivity (Wildman–Crippen MR) is 75.6 cm³/mol. The van der Waals surface area contributed by atoms with Gasteiger partial charge in [-0.25, -0.2) is 0 Å². The molecular weight excluding hydrogens is 244 g/mol. The monoisotopic (exact) mass is 266 g/mol. The lowest BCUT2D eigenvalue weighted by atomic mass is 9.89. The van der Waals surface area contributed by atoms with Gasteiger partial charge in [0.25, 0.3) is 0 Å². The summed E-state index contributed by atoms with van der Waals surface area (Å²) in [5.41, 5.74) is 7.46. The molecule has 18 heavy (non-hydrogen) atoms. The predicted octanol–water partition coefficient (Wildman–Crippen LogP) is 2.27. The fourth-order valence-corrected chi connectivity index (χ4v) is 3.39. The highest BCUT2D eigenvalue weighted by atomic mass is 32.1. The molecule has 2 rings (SSSR count). The van der Waals surface area contributed by atoms with Crippen LogP contribution in [0.15, 0.2) is 16.8 Å². The van der Waals surface area contributed by atoms with Crippen LogP contribution in [0.25, 0.3) is 0 Å². The van der Waals surface area contributed by atoms with Crippen molar-refractivity contribution in [2.45, 2.75) is 38.6 Å². The van der Waals surface area contributed by atoms with Crippen molar-refractivity contribution in [1.29, 1.82) is 0 Å². The molecule has 0 radical (unpaired) electrons. The van der Waals surface area contributed by atoms with Crippen LogP contribution >= 0.6 is 11.3 Å². The van der Waals surface area contributed by atoms with Crippen LogP contribution in [0.5, 0.6) is 0 Å². The molecule has 1 fully saturated rings. The highest BCUT2D eigenvalue weighted by Gasteiger charge is 2.27. The van der Waals surface area contributed by atoms with E-state index < -0.39 is 0 Å². The Morgan fingerprint density at radius 3 is 3.06 bits per heavy atom. The number of likely N-dealkylation sites (tertiary alicyclic amines) is 1. The average Bonchev–Trinajstić information content (AvgIpc) is 2.81. The number of carbonyl (C=O) groups excluding carboxylic acids is 1. The smallest absolute Gasteiger partial charge is 0.222 e. The van der Waals surface area contributed by atoms with Gasteiger partial charge in [0.1, 0.15) is 0 Å². The standard InChI is InChI=1S/C14H22N2OS/c1-2-3-14(17)16-8-12(7-13(15)9-16)6-11-4-5-18-10-11/h4-5,10,12-13H,2-3,6-9,15H2,1H3. The summed E-state index contributed by atoms with van der Waals surface area (Å²) in [5.74, 6) is 0.784. The Hall–Kier alpha value is -0.870. The minimum absolute atomic E-state index is 0.142. The van der Waals surface area contributed by atoms with Crippen molar-refractivity contribution >= 4 is 17.2 Å². The lowest BCUT2D eigenvalue weighted by molar-refractivity contribution is -0.133. The van der Waals surface area contributed by atoms with Gasteiger partial charge in [-0.1, -0.05) is 6.92 Å². The van der Waals surface area contributed by atoms with Crippen LogP contribution in [-0.4, -0.2) is 29.9 Å². The average molecular weight is 266 g/mol. The number of hydrogen-bond acceptors (Lipinski definition) is 3. The maximum atomic E-state index is 12.0. The van der Waals surface area contributed by atoms with E-state index in [1.165, 1.54) is 5.56 Å². The molecule has 4 heteroatoms. The summed E-state index contributed by atoms with van der Waals surface area (Å²) in [4.78, 5) is 13.9. The van der Waals surface area contributed by atoms with E-state index in [1.54, 1.807) is 11.3 Å². The molecule has 1 aliphatic heterocycles. The third-order valence-electron chi connectivity index (χ3n) is 3.49. The number of amides is 1. The van der Waals surface area contributed by atoms with Crippen LogP contribution in [0.2, 0.25) is 0 Å². The summed E-state index contributed by atoms with van der Waals surface area (Å²) in [6, 6.07) is 2.31. The zero-order chi connectivity index (χ0) is 13.0. The fourth-order valence-electron chi connectivity index (χ4n) is 2.71. The molecule has 0 saturated carbocycles. The molecular formula is C14H22N2OS. The van der Waals surface area contributed by atoms with Gasteiger partial charge in [-0.05, 0) is 47.6 Å². The third-order valence-corrected chi connectivity index (χ3v) is 4.22. The van der Waals surface area contributed by atoms with Crippen LogP contribution in [0.1, 0.15) is 31.7 Å². The highest BCUT2D eigenvalue weighted by molar-refractivity contribution is 7.07. The van der Waals surface area contributed by atoms with E-state index in [9.17, 15) is 4.79 Å². The Morgan fingerprint density at radius 1 is 1.56 bits per heavy atom. The van der Waals surface area contributed by atoms with Gasteiger partial charge in [0, 0.05) is 25.6 Å². The Bertz CT molecular complexity index is 377. The Morgan fingerprint density at radius 2 is 2.39 bits per heavy atom. The van der Waals surface area contributed by atoms with Gasteiger partial charge in [-0.3, -0.25) is 4.79 Å². The van der Waals surface area contributed by atoms with E-state index in [0.29, 0.717) is 12.3 Å². The fraction of sp³-hybridized carbons (Fsp3) is 0.643. The van der Waals surface area contributed by atoms with Gasteiger partial charge in [-0.15, -0.1) is 0 Å². The Labute approximate surface area is 113 Å². The normalized spacial score (nSPS) is 24.2. The molecule has 0 aromatic carbocycles. The lowest BCUT2D eigenvalue weighted by Crippen LogP contribution is -2.49. The number of piperidine rings is 1. The SMILES string of the molecule is CCCC(=O)N1CC(N)CC(Cc2ccsc2)C1. The van der Waals surface area contributed by atoms with Gasteiger partial charge >= 0.3 is 0 Å². The largest absolute Gasteiger partial charge is 0.341 e. The molecule has 3 nitrogen and oxygen atoms in total. The van der Waals surface area contributed by atoms with E-state index in [1.807, 2.05) is 11.8 Å². The number of thiophene rings is 1. The first kappa shape index (κ1) is 13.6. The summed E-state index contributed by atoms with van der Waals surface area (Å²) >= 11 is 1.73. The summed E-state index contributed by atoms with van der Waals surface area (Å²) in [6.07, 6.45) is 3.65. The maximum absolute atomic E-state index is 12.0. The summed E-state index contributed by atoms with van der Waals surface area (Å²) in [6.45, 7) is 3.66. The molecule has 2 unspecified atom stereocenters. The van der Waals surface area contributed by atoms with Crippen LogP contribution in [0, 0.1) is 5.92 Å². The minimum Gasteiger partial charge on any atom is -0.341 e. The van der Waals surface area contributed by atoms with Crippen molar-refractivity contribution in [3.8, 4) is 0 Å². The van der Waals surface area contributed by atoms with Gasteiger partial charge in [0.05, 0.1) is 0 Å². The van der Waals surface area contributed by atoms with E-state index >= 15 is 0 Å². The van der Waals surface area contributed by atoms with Gasteiger partial charge in [0.15, 0.2) is 0 Å². The molecule has 2 N–H and O–H groups in total. The van der Waals surface area contributed by atoms with Crippen molar-refractivity contribution in [2.75, 3.05) is 13.1 Å². The molecule has 100 valence electrons. The quantitative estimate of drug-likeness (QED) is 0.908. The molecule has 0 bridgehead atoms. The Kier molecular flexibility index (Phi) is 4.78.